The smallest absolute Gasteiger partial charge is 0.0316 e. The zero-order valence-corrected chi connectivity index (χ0v) is 9.67. The first-order valence-electron chi connectivity index (χ1n) is 6.01. The normalized spacial score (nSPS) is 11.9. The maximum absolute atomic E-state index is 3.76. The van der Waals surface area contributed by atoms with Crippen LogP contribution in [0, 0.1) is 6.92 Å². The first-order valence-corrected chi connectivity index (χ1v) is 6.01. The van der Waals surface area contributed by atoms with Crippen LogP contribution in [0.5, 0.6) is 0 Å². The molecule has 0 aromatic rings. The molecule has 0 atom stereocenters. The van der Waals surface area contributed by atoms with Crippen molar-refractivity contribution in [2.45, 2.75) is 58.3 Å². The Morgan fingerprint density at radius 1 is 0.786 bits per heavy atom. The summed E-state index contributed by atoms with van der Waals surface area (Å²) in [7, 11) is 0. The Kier molecular flexibility index (Phi) is 12.0. The second-order valence-electron chi connectivity index (χ2n) is 3.66. The maximum atomic E-state index is 3.76. The number of rotatable bonds is 9. The molecule has 14 heavy (non-hydrogen) atoms. The topological polar surface area (TPSA) is 0 Å². The van der Waals surface area contributed by atoms with Gasteiger partial charge >= 0.3 is 0 Å². The molecule has 0 nitrogen and oxygen atoms in total. The summed E-state index contributed by atoms with van der Waals surface area (Å²) >= 11 is 0. The average Bonchev–Trinajstić information content (AvgIpc) is 2.21. The largest absolute Gasteiger partial charge is 0.0885 e. The van der Waals surface area contributed by atoms with E-state index in [1.165, 1.54) is 44.9 Å². The molecule has 0 aromatic heterocycles. The average molecular weight is 193 g/mol. The van der Waals surface area contributed by atoms with Crippen LogP contribution in [0.4, 0.5) is 0 Å². The summed E-state index contributed by atoms with van der Waals surface area (Å²) < 4.78 is 0. The predicted octanol–water partition coefficient (Wildman–Crippen LogP) is 5.07. The fourth-order valence-electron chi connectivity index (χ4n) is 1.35. The van der Waals surface area contributed by atoms with Gasteiger partial charge in [-0.15, -0.1) is 0 Å². The molecule has 0 spiro atoms. The van der Waals surface area contributed by atoms with Gasteiger partial charge in [0.2, 0.25) is 0 Å². The predicted molar refractivity (Wildman–Crippen MR) is 66.2 cm³/mol. The quantitative estimate of drug-likeness (QED) is 0.354. The van der Waals surface area contributed by atoms with Crippen molar-refractivity contribution in [1.82, 2.24) is 0 Å². The number of hydrogen-bond acceptors (Lipinski definition) is 0. The summed E-state index contributed by atoms with van der Waals surface area (Å²) in [4.78, 5) is 0. The molecular weight excluding hydrogens is 168 g/mol. The molecule has 0 aliphatic heterocycles. The van der Waals surface area contributed by atoms with Crippen LogP contribution in [0.25, 0.3) is 0 Å². The lowest BCUT2D eigenvalue weighted by Crippen LogP contribution is -1.73. The molecule has 81 valence electrons. The molecular formula is C14H25. The van der Waals surface area contributed by atoms with Gasteiger partial charge in [-0.25, -0.2) is 0 Å². The van der Waals surface area contributed by atoms with E-state index in [1.807, 2.05) is 0 Å². The van der Waals surface area contributed by atoms with Crippen molar-refractivity contribution in [2.75, 3.05) is 0 Å². The van der Waals surface area contributed by atoms with Crippen molar-refractivity contribution in [1.29, 1.82) is 0 Å². The molecule has 0 amide bonds. The molecule has 0 aromatic carbocycles. The number of unbranched alkanes of at least 4 members (excludes halogenated alkanes) is 5. The van der Waals surface area contributed by atoms with E-state index in [4.69, 9.17) is 0 Å². The van der Waals surface area contributed by atoms with Crippen LogP contribution in [-0.2, 0) is 0 Å². The third-order valence-corrected chi connectivity index (χ3v) is 2.22. The second-order valence-corrected chi connectivity index (χ2v) is 3.66. The molecule has 0 N–H and O–H groups in total. The van der Waals surface area contributed by atoms with Gasteiger partial charge in [0.1, 0.15) is 0 Å². The van der Waals surface area contributed by atoms with Crippen molar-refractivity contribution in [3.8, 4) is 0 Å². The molecule has 0 aliphatic rings. The van der Waals surface area contributed by atoms with E-state index in [0.29, 0.717) is 0 Å². The Morgan fingerprint density at radius 2 is 1.43 bits per heavy atom. The van der Waals surface area contributed by atoms with E-state index >= 15 is 0 Å². The lowest BCUT2D eigenvalue weighted by Gasteiger charge is -1.93. The van der Waals surface area contributed by atoms with Gasteiger partial charge in [-0.05, 0) is 39.0 Å². The monoisotopic (exact) mass is 193 g/mol. The van der Waals surface area contributed by atoms with E-state index in [2.05, 4.69) is 38.2 Å². The first kappa shape index (κ1) is 13.5. The zero-order valence-electron chi connectivity index (χ0n) is 9.67. The van der Waals surface area contributed by atoms with Gasteiger partial charge in [0.25, 0.3) is 0 Å². The minimum Gasteiger partial charge on any atom is -0.0885 e. The minimum absolute atomic E-state index is 0.917. The third-order valence-electron chi connectivity index (χ3n) is 2.22. The van der Waals surface area contributed by atoms with E-state index in [1.54, 1.807) is 0 Å². The third kappa shape index (κ3) is 11.5. The highest BCUT2D eigenvalue weighted by Gasteiger charge is 1.83. The van der Waals surface area contributed by atoms with E-state index in [0.717, 1.165) is 6.42 Å². The van der Waals surface area contributed by atoms with Crippen LogP contribution < -0.4 is 0 Å². The summed E-state index contributed by atoms with van der Waals surface area (Å²) in [6.07, 6.45) is 19.0. The van der Waals surface area contributed by atoms with Gasteiger partial charge in [-0.1, -0.05) is 50.5 Å². The molecule has 0 rings (SSSR count). The molecule has 1 radical (unpaired) electrons. The van der Waals surface area contributed by atoms with Crippen molar-refractivity contribution >= 4 is 0 Å². The van der Waals surface area contributed by atoms with Gasteiger partial charge < -0.3 is 0 Å². The Morgan fingerprint density at radius 3 is 2.07 bits per heavy atom. The summed E-state index contributed by atoms with van der Waals surface area (Å²) in [6.45, 7) is 6.01. The Labute approximate surface area is 90.1 Å². The fourth-order valence-corrected chi connectivity index (χ4v) is 1.35. The molecule has 0 fully saturated rings. The van der Waals surface area contributed by atoms with Crippen molar-refractivity contribution in [3.05, 3.63) is 31.2 Å². The van der Waals surface area contributed by atoms with Gasteiger partial charge in [0, 0.05) is 0 Å². The van der Waals surface area contributed by atoms with Gasteiger partial charge in [-0.3, -0.25) is 0 Å². The van der Waals surface area contributed by atoms with Gasteiger partial charge in [-0.2, -0.15) is 0 Å². The Hall–Kier alpha value is -0.520. The molecule has 0 unspecified atom stereocenters. The second kappa shape index (κ2) is 12.5. The van der Waals surface area contributed by atoms with Crippen molar-refractivity contribution < 1.29 is 0 Å². The van der Waals surface area contributed by atoms with E-state index < -0.39 is 0 Å². The summed E-state index contributed by atoms with van der Waals surface area (Å²) in [5, 5.41) is 0. The minimum atomic E-state index is 0.917. The molecule has 0 heterocycles. The lowest BCUT2D eigenvalue weighted by atomic mass is 10.1. The highest BCUT2D eigenvalue weighted by Crippen LogP contribution is 2.03. The van der Waals surface area contributed by atoms with Crippen molar-refractivity contribution in [2.24, 2.45) is 0 Å². The molecule has 0 aliphatic carbocycles. The highest BCUT2D eigenvalue weighted by atomic mass is 13.9. The summed E-state index contributed by atoms with van der Waals surface area (Å²) in [6, 6.07) is 0. The van der Waals surface area contributed by atoms with Gasteiger partial charge in [0.15, 0.2) is 0 Å². The summed E-state index contributed by atoms with van der Waals surface area (Å²) in [5.41, 5.74) is 0. The zero-order chi connectivity index (χ0) is 10.5. The Balaban J connectivity index is 3.07. The number of allylic oxidation sites excluding steroid dienone is 4. The molecule has 0 bridgehead atoms. The van der Waals surface area contributed by atoms with Crippen LogP contribution in [0.15, 0.2) is 24.3 Å². The van der Waals surface area contributed by atoms with Crippen LogP contribution in [-0.4, -0.2) is 0 Å². The fraction of sp³-hybridized carbons (Fsp3) is 0.643. The molecule has 0 saturated heterocycles. The van der Waals surface area contributed by atoms with Crippen LogP contribution in [0.1, 0.15) is 58.3 Å². The van der Waals surface area contributed by atoms with Gasteiger partial charge in [0.05, 0.1) is 0 Å². The lowest BCUT2D eigenvalue weighted by molar-refractivity contribution is 0.674. The van der Waals surface area contributed by atoms with E-state index in [9.17, 15) is 0 Å². The maximum Gasteiger partial charge on any atom is -0.0316 e. The number of hydrogen-bond donors (Lipinski definition) is 0. The van der Waals surface area contributed by atoms with Crippen LogP contribution >= 0.6 is 0 Å². The molecule has 0 heteroatoms. The molecule has 0 saturated carbocycles. The Bertz CT molecular complexity index is 142. The first-order chi connectivity index (χ1) is 6.91. The summed E-state index contributed by atoms with van der Waals surface area (Å²) in [5.74, 6) is 0. The van der Waals surface area contributed by atoms with Crippen LogP contribution in [0.3, 0.4) is 0 Å². The van der Waals surface area contributed by atoms with Crippen molar-refractivity contribution in [3.63, 3.8) is 0 Å². The highest BCUT2D eigenvalue weighted by molar-refractivity contribution is 4.88. The standard InChI is InChI=1S/C14H25/c1-3-5-7-9-11-13-14-12-10-8-6-4-2/h5,7,13-14H,1,3-4,6,8-12H2,2H3/b7-5+,14-13+. The van der Waals surface area contributed by atoms with E-state index in [-0.39, 0.29) is 0 Å². The SMILES string of the molecule is [CH2]C/C=C/CC/C=C/CCCCCC. The van der Waals surface area contributed by atoms with Crippen LogP contribution in [0.2, 0.25) is 0 Å².